The minimum atomic E-state index is -0.766. The van der Waals surface area contributed by atoms with Crippen LogP contribution in [-0.4, -0.2) is 5.91 Å². The number of rotatable bonds is 2. The van der Waals surface area contributed by atoms with E-state index in [-0.39, 0.29) is 15.6 Å². The Morgan fingerprint density at radius 1 is 1.05 bits per heavy atom. The Labute approximate surface area is 132 Å². The highest BCUT2D eigenvalue weighted by atomic mass is 35.5. The maximum Gasteiger partial charge on any atom is 0.267 e. The highest BCUT2D eigenvalue weighted by Crippen LogP contribution is 2.36. The normalized spacial score (nSPS) is 10.9. The van der Waals surface area contributed by atoms with Crippen LogP contribution in [-0.2, 0) is 0 Å². The Morgan fingerprint density at radius 2 is 1.73 bits per heavy atom. The van der Waals surface area contributed by atoms with Gasteiger partial charge in [-0.3, -0.25) is 4.79 Å². The van der Waals surface area contributed by atoms with E-state index in [2.05, 4.69) is 5.32 Å². The van der Waals surface area contributed by atoms with Crippen molar-refractivity contribution in [2.24, 2.45) is 0 Å². The molecule has 0 aliphatic heterocycles. The fourth-order valence-electron chi connectivity index (χ4n) is 1.96. The lowest BCUT2D eigenvalue weighted by atomic mass is 10.2. The van der Waals surface area contributed by atoms with Crippen LogP contribution in [0.2, 0.25) is 5.02 Å². The topological polar surface area (TPSA) is 29.1 Å². The van der Waals surface area contributed by atoms with Crippen LogP contribution >= 0.6 is 22.9 Å². The molecule has 1 aromatic heterocycles. The van der Waals surface area contributed by atoms with E-state index in [1.807, 2.05) is 0 Å². The van der Waals surface area contributed by atoms with Crippen molar-refractivity contribution in [1.82, 2.24) is 0 Å². The summed E-state index contributed by atoms with van der Waals surface area (Å²) < 4.78 is 40.3. The number of nitrogens with one attached hydrogen (secondary N) is 1. The summed E-state index contributed by atoms with van der Waals surface area (Å²) in [6.45, 7) is 0. The summed E-state index contributed by atoms with van der Waals surface area (Å²) in [7, 11) is 0. The predicted octanol–water partition coefficient (Wildman–Crippen LogP) is 5.22. The Hall–Kier alpha value is -2.05. The molecule has 1 heterocycles. The van der Waals surface area contributed by atoms with Gasteiger partial charge < -0.3 is 5.32 Å². The average molecular weight is 342 g/mol. The number of hydrogen-bond donors (Lipinski definition) is 1. The van der Waals surface area contributed by atoms with Crippen LogP contribution in [0.4, 0.5) is 18.9 Å². The molecule has 0 saturated carbocycles. The van der Waals surface area contributed by atoms with E-state index < -0.39 is 23.4 Å². The highest BCUT2D eigenvalue weighted by molar-refractivity contribution is 7.21. The van der Waals surface area contributed by atoms with E-state index in [1.54, 1.807) is 0 Å². The quantitative estimate of drug-likeness (QED) is 0.680. The molecule has 1 amide bonds. The third-order valence-corrected chi connectivity index (χ3v) is 4.63. The Balaban J connectivity index is 1.98. The fraction of sp³-hybridized carbons (Fsp3) is 0. The van der Waals surface area contributed by atoms with Crippen molar-refractivity contribution in [1.29, 1.82) is 0 Å². The number of amides is 1. The second-order valence-electron chi connectivity index (χ2n) is 4.46. The second-order valence-corrected chi connectivity index (χ2v) is 5.89. The zero-order valence-electron chi connectivity index (χ0n) is 10.8. The summed E-state index contributed by atoms with van der Waals surface area (Å²) in [5.74, 6) is -2.58. The molecule has 0 aliphatic carbocycles. The van der Waals surface area contributed by atoms with Crippen molar-refractivity contribution in [2.75, 3.05) is 5.32 Å². The van der Waals surface area contributed by atoms with E-state index in [0.717, 1.165) is 29.5 Å². The molecule has 0 spiro atoms. The number of carbonyl (C=O) groups excluding carboxylic acids is 1. The van der Waals surface area contributed by atoms with Gasteiger partial charge in [-0.05, 0) is 30.3 Å². The van der Waals surface area contributed by atoms with E-state index in [0.29, 0.717) is 10.1 Å². The van der Waals surface area contributed by atoms with Crippen LogP contribution in [0.25, 0.3) is 10.1 Å². The summed E-state index contributed by atoms with van der Waals surface area (Å²) in [6, 6.07) is 6.67. The zero-order chi connectivity index (χ0) is 15.9. The molecule has 0 saturated heterocycles. The maximum atomic E-state index is 13.5. The van der Waals surface area contributed by atoms with Crippen molar-refractivity contribution in [2.45, 2.75) is 0 Å². The fourth-order valence-corrected chi connectivity index (χ4v) is 3.39. The van der Waals surface area contributed by atoms with E-state index in [4.69, 9.17) is 11.6 Å². The second kappa shape index (κ2) is 5.62. The molecule has 7 heteroatoms. The lowest BCUT2D eigenvalue weighted by molar-refractivity contribution is 0.103. The van der Waals surface area contributed by atoms with Crippen LogP contribution in [0.1, 0.15) is 9.67 Å². The van der Waals surface area contributed by atoms with Gasteiger partial charge >= 0.3 is 0 Å². The lowest BCUT2D eigenvalue weighted by Gasteiger charge is -2.05. The van der Waals surface area contributed by atoms with Gasteiger partial charge in [0.15, 0.2) is 0 Å². The third kappa shape index (κ3) is 2.67. The molecule has 0 radical (unpaired) electrons. The predicted molar refractivity (Wildman–Crippen MR) is 81.1 cm³/mol. The molecule has 0 atom stereocenters. The standard InChI is InChI=1S/C15H7ClF3NOS/c16-13-9-3-1-8(18)6-12(9)22-14(13)15(21)20-11-5-7(17)2-4-10(11)19/h1-6H,(H,20,21). The molecule has 3 aromatic rings. The van der Waals surface area contributed by atoms with E-state index in [9.17, 15) is 18.0 Å². The first kappa shape index (κ1) is 14.9. The largest absolute Gasteiger partial charge is 0.319 e. The van der Waals surface area contributed by atoms with Gasteiger partial charge in [0.25, 0.3) is 5.91 Å². The monoisotopic (exact) mass is 341 g/mol. The first-order valence-corrected chi connectivity index (χ1v) is 7.29. The molecular formula is C15H7ClF3NOS. The minimum absolute atomic E-state index is 0.103. The summed E-state index contributed by atoms with van der Waals surface area (Å²) in [4.78, 5) is 12.3. The van der Waals surface area contributed by atoms with Gasteiger partial charge in [-0.25, -0.2) is 13.2 Å². The number of fused-ring (bicyclic) bond motifs is 1. The molecule has 2 nitrogen and oxygen atoms in total. The molecule has 0 aliphatic rings. The Bertz CT molecular complexity index is 894. The Kier molecular flexibility index (Phi) is 3.80. The summed E-state index contributed by atoms with van der Waals surface area (Å²) in [6.07, 6.45) is 0. The lowest BCUT2D eigenvalue weighted by Crippen LogP contribution is -2.12. The molecule has 112 valence electrons. The number of anilines is 1. The van der Waals surface area contributed by atoms with Crippen LogP contribution in [0, 0.1) is 17.5 Å². The van der Waals surface area contributed by atoms with Crippen LogP contribution < -0.4 is 5.32 Å². The molecule has 1 N–H and O–H groups in total. The first-order valence-electron chi connectivity index (χ1n) is 6.09. The van der Waals surface area contributed by atoms with Gasteiger partial charge in [0.2, 0.25) is 0 Å². The van der Waals surface area contributed by atoms with Gasteiger partial charge in [-0.2, -0.15) is 0 Å². The smallest absolute Gasteiger partial charge is 0.267 e. The minimum Gasteiger partial charge on any atom is -0.319 e. The van der Waals surface area contributed by atoms with Gasteiger partial charge in [0.05, 0.1) is 10.7 Å². The Morgan fingerprint density at radius 3 is 2.50 bits per heavy atom. The van der Waals surface area contributed by atoms with Crippen LogP contribution in [0.15, 0.2) is 36.4 Å². The first-order chi connectivity index (χ1) is 10.5. The zero-order valence-corrected chi connectivity index (χ0v) is 12.4. The maximum absolute atomic E-state index is 13.5. The van der Waals surface area contributed by atoms with Gasteiger partial charge in [-0.15, -0.1) is 11.3 Å². The molecule has 0 fully saturated rings. The van der Waals surface area contributed by atoms with Crippen LogP contribution in [0.5, 0.6) is 0 Å². The van der Waals surface area contributed by atoms with Gasteiger partial charge in [0.1, 0.15) is 22.3 Å². The molecule has 0 unspecified atom stereocenters. The van der Waals surface area contributed by atoms with Crippen LogP contribution in [0.3, 0.4) is 0 Å². The molecule has 3 rings (SSSR count). The number of hydrogen-bond acceptors (Lipinski definition) is 2. The van der Waals surface area contributed by atoms with Crippen molar-refractivity contribution in [3.63, 3.8) is 0 Å². The van der Waals surface area contributed by atoms with Crippen molar-refractivity contribution >= 4 is 44.6 Å². The summed E-state index contributed by atoms with van der Waals surface area (Å²) >= 11 is 7.08. The molecule has 0 bridgehead atoms. The summed E-state index contributed by atoms with van der Waals surface area (Å²) in [5.41, 5.74) is -0.287. The van der Waals surface area contributed by atoms with Crippen molar-refractivity contribution < 1.29 is 18.0 Å². The number of benzene rings is 2. The highest BCUT2D eigenvalue weighted by Gasteiger charge is 2.19. The van der Waals surface area contributed by atoms with E-state index in [1.165, 1.54) is 18.2 Å². The number of halogens is 4. The third-order valence-electron chi connectivity index (χ3n) is 2.97. The number of thiophene rings is 1. The summed E-state index contributed by atoms with van der Waals surface area (Å²) in [5, 5.41) is 2.94. The molecular weight excluding hydrogens is 335 g/mol. The molecule has 2 aromatic carbocycles. The van der Waals surface area contributed by atoms with Crippen molar-refractivity contribution in [3.8, 4) is 0 Å². The SMILES string of the molecule is O=C(Nc1cc(F)ccc1F)c1sc2cc(F)ccc2c1Cl. The average Bonchev–Trinajstić information content (AvgIpc) is 2.79. The van der Waals surface area contributed by atoms with E-state index >= 15 is 0 Å². The van der Waals surface area contributed by atoms with Gasteiger partial charge in [0, 0.05) is 16.2 Å². The number of carbonyl (C=O) groups is 1. The van der Waals surface area contributed by atoms with Crippen molar-refractivity contribution in [3.05, 3.63) is 63.7 Å². The molecule has 22 heavy (non-hydrogen) atoms. The van der Waals surface area contributed by atoms with Gasteiger partial charge in [-0.1, -0.05) is 11.6 Å².